The van der Waals surface area contributed by atoms with Gasteiger partial charge in [0.25, 0.3) is 10.0 Å². The molecule has 1 aliphatic rings. The van der Waals surface area contributed by atoms with E-state index >= 15 is 0 Å². The summed E-state index contributed by atoms with van der Waals surface area (Å²) >= 11 is 0. The second-order valence-corrected chi connectivity index (χ2v) is 9.51. The minimum Gasteiger partial charge on any atom is -0.497 e. The molecule has 0 spiro atoms. The quantitative estimate of drug-likeness (QED) is 0.661. The number of hydrogen-bond acceptors (Lipinski definition) is 5. The van der Waals surface area contributed by atoms with Gasteiger partial charge in [-0.1, -0.05) is 13.8 Å². The molecule has 7 heteroatoms. The summed E-state index contributed by atoms with van der Waals surface area (Å²) in [6.07, 6.45) is 1.47. The van der Waals surface area contributed by atoms with Gasteiger partial charge in [-0.2, -0.15) is 0 Å². The first-order chi connectivity index (χ1) is 13.2. The molecule has 28 heavy (non-hydrogen) atoms. The summed E-state index contributed by atoms with van der Waals surface area (Å²) in [5.74, 6) is 1.16. The second kappa shape index (κ2) is 7.47. The zero-order chi connectivity index (χ0) is 20.5. The van der Waals surface area contributed by atoms with Crippen molar-refractivity contribution in [3.05, 3.63) is 48.0 Å². The van der Waals surface area contributed by atoms with E-state index in [1.165, 1.54) is 11.4 Å². The number of carbonyl (C=O) groups excluding carboxylic acids is 1. The molecule has 1 atom stereocenters. The van der Waals surface area contributed by atoms with E-state index < -0.39 is 15.4 Å². The summed E-state index contributed by atoms with van der Waals surface area (Å²) < 4.78 is 38.5. The van der Waals surface area contributed by atoms with Gasteiger partial charge in [-0.15, -0.1) is 0 Å². The highest BCUT2D eigenvalue weighted by Crippen LogP contribution is 2.45. The Morgan fingerprint density at radius 2 is 1.68 bits per heavy atom. The van der Waals surface area contributed by atoms with E-state index in [2.05, 4.69) is 0 Å². The third-order valence-electron chi connectivity index (χ3n) is 5.07. The summed E-state index contributed by atoms with van der Waals surface area (Å²) in [5.41, 5.74) is 0.958. The smallest absolute Gasteiger partial charge is 0.264 e. The molecule has 1 heterocycles. The molecular formula is C21H25NO5S. The van der Waals surface area contributed by atoms with Crippen molar-refractivity contribution in [2.45, 2.75) is 31.1 Å². The molecular weight excluding hydrogens is 378 g/mol. The third-order valence-corrected chi connectivity index (χ3v) is 6.86. The predicted octanol–water partition coefficient (Wildman–Crippen LogP) is 3.61. The Hall–Kier alpha value is -2.54. The molecule has 0 fully saturated rings. The Kier molecular flexibility index (Phi) is 5.39. The summed E-state index contributed by atoms with van der Waals surface area (Å²) in [6.45, 7) is 4.01. The van der Waals surface area contributed by atoms with Crippen molar-refractivity contribution >= 4 is 22.0 Å². The number of anilines is 1. The van der Waals surface area contributed by atoms with Gasteiger partial charge in [0.1, 0.15) is 17.8 Å². The van der Waals surface area contributed by atoms with Crippen LogP contribution in [-0.2, 0) is 14.8 Å². The Morgan fingerprint density at radius 3 is 2.25 bits per heavy atom. The molecule has 6 nitrogen and oxygen atoms in total. The number of benzene rings is 2. The van der Waals surface area contributed by atoms with Crippen molar-refractivity contribution in [1.82, 2.24) is 0 Å². The average molecular weight is 404 g/mol. The minimum atomic E-state index is -3.74. The highest BCUT2D eigenvalue weighted by atomic mass is 32.2. The minimum absolute atomic E-state index is 0.0988. The first-order valence-corrected chi connectivity index (χ1v) is 10.5. The molecule has 150 valence electrons. The fourth-order valence-electron chi connectivity index (χ4n) is 3.57. The SMILES string of the molecule is COc1ccc(S(=O)(=O)N2CC(CC(C)(C)C=O)c3cc(OC)ccc32)cc1. The predicted molar refractivity (Wildman–Crippen MR) is 108 cm³/mol. The van der Waals surface area contributed by atoms with Gasteiger partial charge < -0.3 is 14.3 Å². The van der Waals surface area contributed by atoms with E-state index in [1.54, 1.807) is 43.5 Å². The number of sulfonamides is 1. The maximum absolute atomic E-state index is 13.3. The number of hydrogen-bond donors (Lipinski definition) is 0. The second-order valence-electron chi connectivity index (χ2n) is 7.64. The first kappa shape index (κ1) is 20.2. The lowest BCUT2D eigenvalue weighted by atomic mass is 9.82. The van der Waals surface area contributed by atoms with Crippen LogP contribution in [0.5, 0.6) is 11.5 Å². The van der Waals surface area contributed by atoms with Crippen molar-refractivity contribution < 1.29 is 22.7 Å². The Bertz CT molecular complexity index is 967. The van der Waals surface area contributed by atoms with Crippen LogP contribution in [-0.4, -0.2) is 35.5 Å². The molecule has 3 rings (SSSR count). The molecule has 0 amide bonds. The molecule has 2 aromatic rings. The van der Waals surface area contributed by atoms with Crippen molar-refractivity contribution in [1.29, 1.82) is 0 Å². The molecule has 0 radical (unpaired) electrons. The van der Waals surface area contributed by atoms with Crippen LogP contribution in [0.1, 0.15) is 31.7 Å². The van der Waals surface area contributed by atoms with Crippen LogP contribution in [0.25, 0.3) is 0 Å². The van der Waals surface area contributed by atoms with E-state index in [9.17, 15) is 13.2 Å². The van der Waals surface area contributed by atoms with Crippen LogP contribution in [0, 0.1) is 5.41 Å². The topological polar surface area (TPSA) is 72.9 Å². The molecule has 2 aromatic carbocycles. The molecule has 0 N–H and O–H groups in total. The van der Waals surface area contributed by atoms with Crippen molar-refractivity contribution in [2.75, 3.05) is 25.1 Å². The third kappa shape index (κ3) is 3.71. The number of ether oxygens (including phenoxy) is 2. The van der Waals surface area contributed by atoms with Gasteiger partial charge in [-0.05, 0) is 54.4 Å². The maximum Gasteiger partial charge on any atom is 0.264 e. The van der Waals surface area contributed by atoms with Gasteiger partial charge in [0, 0.05) is 17.9 Å². The van der Waals surface area contributed by atoms with Crippen LogP contribution >= 0.6 is 0 Å². The zero-order valence-electron chi connectivity index (χ0n) is 16.5. The highest BCUT2D eigenvalue weighted by molar-refractivity contribution is 7.92. The van der Waals surface area contributed by atoms with E-state index in [1.807, 2.05) is 19.9 Å². The Morgan fingerprint density at radius 1 is 1.07 bits per heavy atom. The first-order valence-electron chi connectivity index (χ1n) is 9.03. The molecule has 1 unspecified atom stereocenters. The number of rotatable bonds is 7. The van der Waals surface area contributed by atoms with Gasteiger partial charge in [0.15, 0.2) is 0 Å². The number of methoxy groups -OCH3 is 2. The lowest BCUT2D eigenvalue weighted by molar-refractivity contribution is -0.115. The van der Waals surface area contributed by atoms with Crippen LogP contribution in [0.2, 0.25) is 0 Å². The zero-order valence-corrected chi connectivity index (χ0v) is 17.3. The van der Waals surface area contributed by atoms with Crippen molar-refractivity contribution in [3.63, 3.8) is 0 Å². The lowest BCUT2D eigenvalue weighted by Gasteiger charge is -2.23. The molecule has 0 aliphatic carbocycles. The standard InChI is InChI=1S/C21H25NO5S/c1-21(2,14-23)12-15-13-22(20-10-7-17(27-4)11-19(15)20)28(24,25)18-8-5-16(26-3)6-9-18/h5-11,14-15H,12-13H2,1-4H3. The van der Waals surface area contributed by atoms with Crippen LogP contribution in [0.4, 0.5) is 5.69 Å². The molecule has 0 aromatic heterocycles. The van der Waals surface area contributed by atoms with E-state index in [0.29, 0.717) is 23.6 Å². The number of aldehydes is 1. The number of nitrogens with zero attached hydrogens (tertiary/aromatic N) is 1. The maximum atomic E-state index is 13.3. The normalized spacial score (nSPS) is 16.6. The molecule has 0 saturated heterocycles. The monoisotopic (exact) mass is 403 g/mol. The highest BCUT2D eigenvalue weighted by Gasteiger charge is 2.39. The number of fused-ring (bicyclic) bond motifs is 1. The van der Waals surface area contributed by atoms with Crippen molar-refractivity contribution in [3.8, 4) is 11.5 Å². The summed E-state index contributed by atoms with van der Waals surface area (Å²) in [6, 6.07) is 11.7. The van der Waals surface area contributed by atoms with E-state index in [0.717, 1.165) is 11.8 Å². The van der Waals surface area contributed by atoms with Gasteiger partial charge in [-0.25, -0.2) is 8.42 Å². The fourth-order valence-corrected chi connectivity index (χ4v) is 5.11. The van der Waals surface area contributed by atoms with Gasteiger partial charge in [0.2, 0.25) is 0 Å². The summed E-state index contributed by atoms with van der Waals surface area (Å²) in [7, 11) is -0.632. The van der Waals surface area contributed by atoms with Crippen molar-refractivity contribution in [2.24, 2.45) is 5.41 Å². The van der Waals surface area contributed by atoms with Gasteiger partial charge in [-0.3, -0.25) is 4.31 Å². The largest absolute Gasteiger partial charge is 0.497 e. The lowest BCUT2D eigenvalue weighted by Crippen LogP contribution is -2.31. The Balaban J connectivity index is 2.03. The van der Waals surface area contributed by atoms with Crippen LogP contribution < -0.4 is 13.8 Å². The summed E-state index contributed by atoms with van der Waals surface area (Å²) in [4.78, 5) is 11.6. The molecule has 0 bridgehead atoms. The Labute approximate surface area is 166 Å². The fraction of sp³-hybridized carbons (Fsp3) is 0.381. The van der Waals surface area contributed by atoms with E-state index in [-0.39, 0.29) is 17.4 Å². The van der Waals surface area contributed by atoms with Gasteiger partial charge in [0.05, 0.1) is 24.8 Å². The number of carbonyl (C=O) groups is 1. The van der Waals surface area contributed by atoms with E-state index in [4.69, 9.17) is 9.47 Å². The van der Waals surface area contributed by atoms with Gasteiger partial charge >= 0.3 is 0 Å². The molecule has 1 aliphatic heterocycles. The summed E-state index contributed by atoms with van der Waals surface area (Å²) in [5, 5.41) is 0. The average Bonchev–Trinajstić information content (AvgIpc) is 3.05. The van der Waals surface area contributed by atoms with Crippen LogP contribution in [0.15, 0.2) is 47.4 Å². The molecule has 0 saturated carbocycles. The van der Waals surface area contributed by atoms with Crippen LogP contribution in [0.3, 0.4) is 0 Å².